The molecule has 1 fully saturated rings. The first-order valence-electron chi connectivity index (χ1n) is 9.37. The first-order valence-corrected chi connectivity index (χ1v) is 11.4. The van der Waals surface area contributed by atoms with Crippen LogP contribution < -0.4 is 5.32 Å². The number of amides is 1. The highest BCUT2D eigenvalue weighted by molar-refractivity contribution is 7.88. The van der Waals surface area contributed by atoms with E-state index in [2.05, 4.69) is 11.4 Å². The van der Waals surface area contributed by atoms with E-state index in [0.29, 0.717) is 48.6 Å². The predicted molar refractivity (Wildman–Crippen MR) is 113 cm³/mol. The Labute approximate surface area is 176 Å². The number of hydrogen-bond donors (Lipinski definition) is 1. The number of carbonyl (C=O) groups excluding carboxylic acids is 1. The molecule has 1 amide bonds. The highest BCUT2D eigenvalue weighted by Gasteiger charge is 2.31. The molecule has 1 heterocycles. The summed E-state index contributed by atoms with van der Waals surface area (Å²) in [6, 6.07) is 16.2. The average Bonchev–Trinajstić information content (AvgIpc) is 2.71. The fraction of sp³-hybridized carbons (Fsp3) is 0.333. The second-order valence-corrected chi connectivity index (χ2v) is 9.42. The maximum Gasteiger partial charge on any atom is 0.227 e. The number of nitrogens with one attached hydrogen (secondary N) is 1. The summed E-state index contributed by atoms with van der Waals surface area (Å²) in [6.07, 6.45) is 1.27. The topological polar surface area (TPSA) is 90.3 Å². The van der Waals surface area contributed by atoms with Gasteiger partial charge in [-0.3, -0.25) is 4.79 Å². The van der Waals surface area contributed by atoms with Crippen molar-refractivity contribution in [3.63, 3.8) is 0 Å². The number of benzene rings is 2. The number of nitrogens with zero attached hydrogens (tertiary/aromatic N) is 2. The van der Waals surface area contributed by atoms with Crippen molar-refractivity contribution in [3.8, 4) is 6.07 Å². The van der Waals surface area contributed by atoms with Crippen molar-refractivity contribution >= 4 is 33.2 Å². The van der Waals surface area contributed by atoms with E-state index in [1.54, 1.807) is 36.4 Å². The fourth-order valence-corrected chi connectivity index (χ4v) is 5.22. The summed E-state index contributed by atoms with van der Waals surface area (Å²) in [6.45, 7) is 0.623. The molecular weight excluding hydrogens is 410 g/mol. The summed E-state index contributed by atoms with van der Waals surface area (Å²) in [4.78, 5) is 12.5. The number of sulfonamides is 1. The van der Waals surface area contributed by atoms with Gasteiger partial charge in [-0.15, -0.1) is 0 Å². The van der Waals surface area contributed by atoms with Gasteiger partial charge in [0.2, 0.25) is 15.9 Å². The molecule has 2 aromatic carbocycles. The van der Waals surface area contributed by atoms with E-state index >= 15 is 0 Å². The van der Waals surface area contributed by atoms with E-state index in [0.717, 1.165) is 5.56 Å². The molecular formula is C21H22ClN3O3S. The van der Waals surface area contributed by atoms with Crippen LogP contribution in [0, 0.1) is 17.2 Å². The number of carbonyl (C=O) groups is 1. The lowest BCUT2D eigenvalue weighted by Gasteiger charge is -2.30. The van der Waals surface area contributed by atoms with Gasteiger partial charge in [-0.1, -0.05) is 41.9 Å². The highest BCUT2D eigenvalue weighted by atomic mass is 35.5. The van der Waals surface area contributed by atoms with Crippen LogP contribution in [0.3, 0.4) is 0 Å². The maximum atomic E-state index is 12.7. The summed E-state index contributed by atoms with van der Waals surface area (Å²) < 4.78 is 26.8. The third-order valence-electron chi connectivity index (χ3n) is 5.02. The van der Waals surface area contributed by atoms with Crippen molar-refractivity contribution in [2.24, 2.45) is 5.92 Å². The van der Waals surface area contributed by atoms with Crippen LogP contribution in [0.15, 0.2) is 48.5 Å². The first-order chi connectivity index (χ1) is 13.9. The van der Waals surface area contributed by atoms with Crippen LogP contribution in [0.4, 0.5) is 5.69 Å². The normalized spacial score (nSPS) is 15.6. The van der Waals surface area contributed by atoms with Crippen molar-refractivity contribution in [1.29, 1.82) is 5.26 Å². The largest absolute Gasteiger partial charge is 0.326 e. The molecule has 1 aliphatic rings. The van der Waals surface area contributed by atoms with E-state index in [9.17, 15) is 13.2 Å². The zero-order chi connectivity index (χ0) is 20.9. The van der Waals surface area contributed by atoms with Crippen LogP contribution in [0.1, 0.15) is 24.0 Å². The van der Waals surface area contributed by atoms with Gasteiger partial charge in [0.25, 0.3) is 0 Å². The Bertz CT molecular complexity index is 1010. The van der Waals surface area contributed by atoms with Crippen molar-refractivity contribution in [1.82, 2.24) is 4.31 Å². The van der Waals surface area contributed by atoms with Crippen LogP contribution in [-0.4, -0.2) is 31.7 Å². The van der Waals surface area contributed by atoms with Gasteiger partial charge in [0, 0.05) is 29.7 Å². The summed E-state index contributed by atoms with van der Waals surface area (Å²) >= 11 is 6.09. The van der Waals surface area contributed by atoms with E-state index in [-0.39, 0.29) is 17.6 Å². The Hall–Kier alpha value is -2.40. The number of rotatable bonds is 6. The Kier molecular flexibility index (Phi) is 6.91. The second kappa shape index (κ2) is 9.40. The molecule has 1 saturated heterocycles. The molecule has 1 N–H and O–H groups in total. The minimum absolute atomic E-state index is 0.110. The van der Waals surface area contributed by atoms with Crippen LogP contribution in [0.5, 0.6) is 0 Å². The predicted octanol–water partition coefficient (Wildman–Crippen LogP) is 3.59. The molecule has 8 heteroatoms. The van der Waals surface area contributed by atoms with Crippen molar-refractivity contribution in [2.45, 2.75) is 25.0 Å². The Morgan fingerprint density at radius 3 is 2.41 bits per heavy atom. The summed E-state index contributed by atoms with van der Waals surface area (Å²) in [5.41, 5.74) is 2.14. The molecule has 0 aromatic heterocycles. The quantitative estimate of drug-likeness (QED) is 0.756. The van der Waals surface area contributed by atoms with Gasteiger partial charge in [-0.05, 0) is 42.2 Å². The van der Waals surface area contributed by atoms with Crippen LogP contribution in [0.2, 0.25) is 5.02 Å². The number of piperidine rings is 1. The standard InChI is InChI=1S/C21H22ClN3O3S/c22-20-4-2-1-3-18(20)15-29(27,28)25-13-10-17(11-14-25)21(26)24-19-7-5-16(6-8-19)9-12-23/h1-8,17H,9-11,13-15H2,(H,24,26). The van der Waals surface area contributed by atoms with E-state index in [1.165, 1.54) is 4.31 Å². The lowest BCUT2D eigenvalue weighted by Crippen LogP contribution is -2.41. The Morgan fingerprint density at radius 1 is 1.14 bits per heavy atom. The zero-order valence-electron chi connectivity index (χ0n) is 15.8. The molecule has 3 rings (SSSR count). The van der Waals surface area contributed by atoms with E-state index in [1.807, 2.05) is 12.1 Å². The zero-order valence-corrected chi connectivity index (χ0v) is 17.4. The minimum Gasteiger partial charge on any atom is -0.326 e. The minimum atomic E-state index is -3.49. The molecule has 152 valence electrons. The van der Waals surface area contributed by atoms with Gasteiger partial charge < -0.3 is 5.32 Å². The lowest BCUT2D eigenvalue weighted by atomic mass is 9.97. The van der Waals surface area contributed by atoms with Crippen LogP contribution >= 0.6 is 11.6 Å². The molecule has 0 radical (unpaired) electrons. The SMILES string of the molecule is N#CCc1ccc(NC(=O)C2CCN(S(=O)(=O)Cc3ccccc3Cl)CC2)cc1. The van der Waals surface area contributed by atoms with Gasteiger partial charge in [0.1, 0.15) is 0 Å². The summed E-state index contributed by atoms with van der Waals surface area (Å²) in [7, 11) is -3.49. The molecule has 1 aliphatic heterocycles. The molecule has 0 bridgehead atoms. The van der Waals surface area contributed by atoms with Crippen molar-refractivity contribution in [2.75, 3.05) is 18.4 Å². The summed E-state index contributed by atoms with van der Waals surface area (Å²) in [5, 5.41) is 12.0. The third kappa shape index (κ3) is 5.57. The van der Waals surface area contributed by atoms with Gasteiger partial charge in [0.15, 0.2) is 0 Å². The number of nitriles is 1. The molecule has 0 saturated carbocycles. The third-order valence-corrected chi connectivity index (χ3v) is 7.21. The highest BCUT2D eigenvalue weighted by Crippen LogP contribution is 2.25. The van der Waals surface area contributed by atoms with Crippen LogP contribution in [0.25, 0.3) is 0 Å². The Morgan fingerprint density at radius 2 is 1.79 bits per heavy atom. The molecule has 0 unspecified atom stereocenters. The van der Waals surface area contributed by atoms with Crippen molar-refractivity contribution < 1.29 is 13.2 Å². The van der Waals surface area contributed by atoms with Gasteiger partial charge in [0.05, 0.1) is 18.2 Å². The summed E-state index contributed by atoms with van der Waals surface area (Å²) in [5.74, 6) is -0.486. The lowest BCUT2D eigenvalue weighted by molar-refractivity contribution is -0.120. The van der Waals surface area contributed by atoms with E-state index in [4.69, 9.17) is 16.9 Å². The van der Waals surface area contributed by atoms with Gasteiger partial charge in [-0.2, -0.15) is 5.26 Å². The van der Waals surface area contributed by atoms with E-state index < -0.39 is 10.0 Å². The number of hydrogen-bond acceptors (Lipinski definition) is 4. The maximum absolute atomic E-state index is 12.7. The first kappa shape index (κ1) is 21.3. The Balaban J connectivity index is 1.54. The van der Waals surface area contributed by atoms with Gasteiger partial charge >= 0.3 is 0 Å². The van der Waals surface area contributed by atoms with Crippen molar-refractivity contribution in [3.05, 3.63) is 64.7 Å². The average molecular weight is 432 g/mol. The fourth-order valence-electron chi connectivity index (χ4n) is 3.34. The molecule has 29 heavy (non-hydrogen) atoms. The molecule has 0 atom stereocenters. The molecule has 0 spiro atoms. The smallest absolute Gasteiger partial charge is 0.227 e. The second-order valence-electron chi connectivity index (χ2n) is 7.04. The molecule has 0 aliphatic carbocycles. The van der Waals surface area contributed by atoms with Crippen LogP contribution in [-0.2, 0) is 27.0 Å². The number of anilines is 1. The monoisotopic (exact) mass is 431 g/mol. The van der Waals surface area contributed by atoms with Gasteiger partial charge in [-0.25, -0.2) is 12.7 Å². The number of halogens is 1. The molecule has 2 aromatic rings. The molecule has 6 nitrogen and oxygen atoms in total.